The smallest absolute Gasteiger partial charge is 0.423 e. The number of hydrogen-bond acceptors (Lipinski definition) is 4. The van der Waals surface area contributed by atoms with Crippen LogP contribution in [0.25, 0.3) is 0 Å². The minimum Gasteiger partial charge on any atom is -0.423 e. The number of amides is 1. The molecule has 1 atom stereocenters. The fourth-order valence-electron chi connectivity index (χ4n) is 1.48. The Hall–Kier alpha value is -1.44. The van der Waals surface area contributed by atoms with E-state index >= 15 is 0 Å². The predicted octanol–water partition coefficient (Wildman–Crippen LogP) is -1.02. The van der Waals surface area contributed by atoms with Gasteiger partial charge >= 0.3 is 7.12 Å². The Balaban J connectivity index is 2.42. The molecule has 1 aliphatic rings. The summed E-state index contributed by atoms with van der Waals surface area (Å²) >= 11 is 0. The van der Waals surface area contributed by atoms with Gasteiger partial charge in [-0.25, -0.2) is 10.2 Å². The number of nitrogen functional groups attached to an aromatic ring is 1. The quantitative estimate of drug-likeness (QED) is 0.239. The van der Waals surface area contributed by atoms with Crippen molar-refractivity contribution >= 4 is 18.5 Å². The number of rotatable bonds is 1. The van der Waals surface area contributed by atoms with Crippen molar-refractivity contribution in [3.8, 4) is 0 Å². The van der Waals surface area contributed by atoms with Crippen molar-refractivity contribution in [1.82, 2.24) is 5.43 Å². The molecule has 1 aromatic carbocycles. The van der Waals surface area contributed by atoms with Crippen LogP contribution >= 0.6 is 0 Å². The second kappa shape index (κ2) is 3.61. The summed E-state index contributed by atoms with van der Waals surface area (Å²) in [5.74, 6) is 4.44. The molecule has 1 heterocycles. The third kappa shape index (κ3) is 1.60. The molecule has 0 fully saturated rings. The predicted molar refractivity (Wildman–Crippen MR) is 50.6 cm³/mol. The van der Waals surface area contributed by atoms with E-state index in [-0.39, 0.29) is 16.6 Å². The summed E-state index contributed by atoms with van der Waals surface area (Å²) in [7, 11) is -1.33. The molecule has 0 radical (unpaired) electrons. The molecule has 1 unspecified atom stereocenters. The summed E-state index contributed by atoms with van der Waals surface area (Å²) in [6.07, 6.45) is -1.65. The van der Waals surface area contributed by atoms with Crippen molar-refractivity contribution in [3.63, 3.8) is 0 Å². The molecule has 78 valence electrons. The van der Waals surface area contributed by atoms with Gasteiger partial charge in [-0.05, 0) is 17.6 Å². The van der Waals surface area contributed by atoms with E-state index in [2.05, 4.69) is 4.65 Å². The Morgan fingerprint density at radius 1 is 1.67 bits per heavy atom. The highest BCUT2D eigenvalue weighted by Gasteiger charge is 2.35. The zero-order valence-corrected chi connectivity index (χ0v) is 7.61. The molecular weight excluding hydrogens is 202 g/mol. The van der Waals surface area contributed by atoms with Crippen LogP contribution in [0, 0.1) is 0 Å². The molecule has 0 aliphatic carbocycles. The van der Waals surface area contributed by atoms with Gasteiger partial charge < -0.3 is 9.68 Å². The number of nitrogens with two attached hydrogens (primary N) is 1. The lowest BCUT2D eigenvalue weighted by atomic mass is 9.78. The van der Waals surface area contributed by atoms with Crippen LogP contribution in [0.4, 0.5) is 4.39 Å². The SMILES string of the molecule is NNC(=O)c1ccc2c(c1)B(O)OC2F. The Morgan fingerprint density at radius 3 is 3.07 bits per heavy atom. The van der Waals surface area contributed by atoms with Crippen molar-refractivity contribution in [3.05, 3.63) is 29.3 Å². The molecule has 0 bridgehead atoms. The van der Waals surface area contributed by atoms with E-state index < -0.39 is 19.4 Å². The summed E-state index contributed by atoms with van der Waals surface area (Å²) < 4.78 is 17.6. The van der Waals surface area contributed by atoms with Crippen LogP contribution in [0.15, 0.2) is 18.2 Å². The van der Waals surface area contributed by atoms with Crippen molar-refractivity contribution in [1.29, 1.82) is 0 Å². The topological polar surface area (TPSA) is 84.6 Å². The van der Waals surface area contributed by atoms with Crippen LogP contribution in [-0.2, 0) is 4.65 Å². The van der Waals surface area contributed by atoms with Gasteiger partial charge in [0.2, 0.25) is 6.36 Å². The molecule has 0 saturated heterocycles. The largest absolute Gasteiger partial charge is 0.493 e. The zero-order chi connectivity index (χ0) is 11.0. The van der Waals surface area contributed by atoms with Gasteiger partial charge in [-0.15, -0.1) is 0 Å². The first-order chi connectivity index (χ1) is 7.13. The van der Waals surface area contributed by atoms with E-state index in [0.717, 1.165) is 0 Å². The lowest BCUT2D eigenvalue weighted by molar-refractivity contribution is 0.0620. The molecule has 1 amide bonds. The second-order valence-electron chi connectivity index (χ2n) is 3.12. The van der Waals surface area contributed by atoms with Gasteiger partial charge in [0.15, 0.2) is 0 Å². The number of benzene rings is 1. The van der Waals surface area contributed by atoms with Crippen LogP contribution in [0.1, 0.15) is 22.3 Å². The monoisotopic (exact) mass is 210 g/mol. The maximum Gasteiger partial charge on any atom is 0.493 e. The van der Waals surface area contributed by atoms with Crippen LogP contribution in [0.2, 0.25) is 0 Å². The fraction of sp³-hybridized carbons (Fsp3) is 0.125. The Labute approximate surface area is 85.1 Å². The van der Waals surface area contributed by atoms with Gasteiger partial charge in [-0.3, -0.25) is 10.2 Å². The average molecular weight is 210 g/mol. The number of carbonyl (C=O) groups excluding carboxylic acids is 1. The first-order valence-electron chi connectivity index (χ1n) is 4.26. The maximum absolute atomic E-state index is 13.1. The number of alkyl halides is 1. The Bertz CT molecular complexity index is 415. The van der Waals surface area contributed by atoms with Gasteiger partial charge in [-0.2, -0.15) is 0 Å². The second-order valence-corrected chi connectivity index (χ2v) is 3.12. The van der Waals surface area contributed by atoms with Gasteiger partial charge in [0.25, 0.3) is 5.91 Å². The van der Waals surface area contributed by atoms with Gasteiger partial charge in [-0.1, -0.05) is 6.07 Å². The van der Waals surface area contributed by atoms with Crippen molar-refractivity contribution in [2.75, 3.05) is 0 Å². The summed E-state index contributed by atoms with van der Waals surface area (Å²) in [5, 5.41) is 9.31. The lowest BCUT2D eigenvalue weighted by Gasteiger charge is -2.03. The minimum atomic E-state index is -1.65. The van der Waals surface area contributed by atoms with Crippen molar-refractivity contribution in [2.45, 2.75) is 6.36 Å². The molecule has 7 heteroatoms. The molecule has 1 aromatic rings. The van der Waals surface area contributed by atoms with Gasteiger partial charge in [0.1, 0.15) is 0 Å². The first kappa shape index (κ1) is 10.1. The molecule has 0 saturated carbocycles. The summed E-state index contributed by atoms with van der Waals surface area (Å²) in [6, 6.07) is 4.15. The van der Waals surface area contributed by atoms with E-state index in [0.29, 0.717) is 0 Å². The highest BCUT2D eigenvalue weighted by atomic mass is 19.1. The highest BCUT2D eigenvalue weighted by Crippen LogP contribution is 2.24. The summed E-state index contributed by atoms with van der Waals surface area (Å²) in [5.41, 5.74) is 2.67. The van der Waals surface area contributed by atoms with Crippen LogP contribution in [0.5, 0.6) is 0 Å². The highest BCUT2D eigenvalue weighted by molar-refractivity contribution is 6.61. The average Bonchev–Trinajstić information content (AvgIpc) is 2.53. The zero-order valence-electron chi connectivity index (χ0n) is 7.61. The molecular formula is C8H8BFN2O3. The molecule has 5 nitrogen and oxygen atoms in total. The molecule has 15 heavy (non-hydrogen) atoms. The van der Waals surface area contributed by atoms with E-state index in [1.807, 2.05) is 5.43 Å². The lowest BCUT2D eigenvalue weighted by Crippen LogP contribution is -2.33. The summed E-state index contributed by atoms with van der Waals surface area (Å²) in [6.45, 7) is 0. The minimum absolute atomic E-state index is 0.232. The standard InChI is InChI=1S/C8H8BFN2O3/c10-7-5-2-1-4(8(13)12-11)3-6(5)9(14)15-7/h1-3,7,14H,11H2,(H,12,13). The number of carbonyl (C=O) groups is 1. The molecule has 0 aromatic heterocycles. The van der Waals surface area contributed by atoms with Crippen LogP contribution < -0.4 is 16.7 Å². The Kier molecular flexibility index (Phi) is 2.43. The van der Waals surface area contributed by atoms with E-state index in [9.17, 15) is 14.2 Å². The van der Waals surface area contributed by atoms with Crippen molar-refractivity contribution in [2.24, 2.45) is 5.84 Å². The maximum atomic E-state index is 13.1. The van der Waals surface area contributed by atoms with Crippen molar-refractivity contribution < 1.29 is 18.9 Å². The van der Waals surface area contributed by atoms with E-state index in [1.165, 1.54) is 18.2 Å². The third-order valence-corrected chi connectivity index (χ3v) is 2.24. The number of nitrogens with one attached hydrogen (secondary N) is 1. The molecule has 4 N–H and O–H groups in total. The number of hydrazine groups is 1. The number of halogens is 1. The van der Waals surface area contributed by atoms with Crippen LogP contribution in [-0.4, -0.2) is 18.0 Å². The summed E-state index contributed by atoms with van der Waals surface area (Å²) in [4.78, 5) is 11.1. The van der Waals surface area contributed by atoms with E-state index in [4.69, 9.17) is 5.84 Å². The molecule has 0 spiro atoms. The third-order valence-electron chi connectivity index (χ3n) is 2.24. The van der Waals surface area contributed by atoms with Gasteiger partial charge in [0.05, 0.1) is 0 Å². The first-order valence-corrected chi connectivity index (χ1v) is 4.26. The molecule has 2 rings (SSSR count). The normalized spacial score (nSPS) is 18.9. The van der Waals surface area contributed by atoms with E-state index in [1.54, 1.807) is 0 Å². The molecule has 1 aliphatic heterocycles. The number of fused-ring (bicyclic) bond motifs is 1. The van der Waals surface area contributed by atoms with Gasteiger partial charge in [0, 0.05) is 11.1 Å². The fourth-order valence-corrected chi connectivity index (χ4v) is 1.48. The Morgan fingerprint density at radius 2 is 2.40 bits per heavy atom. The van der Waals surface area contributed by atoms with Crippen LogP contribution in [0.3, 0.4) is 0 Å². The number of hydrogen-bond donors (Lipinski definition) is 3.